The van der Waals surface area contributed by atoms with Crippen molar-refractivity contribution in [1.29, 1.82) is 0 Å². The second-order valence-corrected chi connectivity index (χ2v) is 2.82. The molecule has 0 aromatic heterocycles. The summed E-state index contributed by atoms with van der Waals surface area (Å²) in [5, 5.41) is -0.120. The maximum absolute atomic E-state index is 9.81. The molecule has 1 unspecified atom stereocenters. The van der Waals surface area contributed by atoms with Crippen molar-refractivity contribution >= 4 is 48.8 Å². The van der Waals surface area contributed by atoms with Crippen LogP contribution in [0.25, 0.3) is 0 Å². The van der Waals surface area contributed by atoms with Gasteiger partial charge in [0, 0.05) is 37.7 Å². The van der Waals surface area contributed by atoms with E-state index in [0.717, 1.165) is 0 Å². The van der Waals surface area contributed by atoms with Crippen LogP contribution in [-0.2, 0) is 11.1 Å². The zero-order valence-electron chi connectivity index (χ0n) is 5.55. The van der Waals surface area contributed by atoms with Crippen LogP contribution in [0.5, 0.6) is 0 Å². The van der Waals surface area contributed by atoms with Crippen molar-refractivity contribution in [1.82, 2.24) is 0 Å². The summed E-state index contributed by atoms with van der Waals surface area (Å²) in [5.74, 6) is 0. The molecule has 0 rings (SSSR count). The maximum atomic E-state index is 9.81. The molecule has 4 nitrogen and oxygen atoms in total. The fourth-order valence-corrected chi connectivity index (χ4v) is 0. The minimum absolute atomic E-state index is 0. The van der Waals surface area contributed by atoms with Crippen molar-refractivity contribution in [2.45, 2.75) is 19.1 Å². The molecule has 1 atom stereocenters. The van der Waals surface area contributed by atoms with E-state index in [1.165, 1.54) is 0 Å². The van der Waals surface area contributed by atoms with E-state index < -0.39 is 11.1 Å². The Morgan fingerprint density at radius 3 is 1.44 bits per heavy atom. The Labute approximate surface area is 86.9 Å². The molecule has 6 heteroatoms. The third-order valence-electron chi connectivity index (χ3n) is 0.403. The molecule has 0 bridgehead atoms. The number of hydrogen-bond acceptors (Lipinski definition) is 1. The van der Waals surface area contributed by atoms with Crippen LogP contribution in [0.3, 0.4) is 0 Å². The molecule has 0 aromatic carbocycles. The zero-order chi connectivity index (χ0) is 5.15. The van der Waals surface area contributed by atoms with E-state index in [1.54, 1.807) is 13.8 Å². The summed E-state index contributed by atoms with van der Waals surface area (Å²) in [4.78, 5) is 0. The molecular formula is C3H12CaO4S. The van der Waals surface area contributed by atoms with E-state index in [0.29, 0.717) is 0 Å². The monoisotopic (exact) mass is 184 g/mol. The Bertz CT molecular complexity index is 66.8. The average Bonchev–Trinajstić information content (AvgIpc) is 1.36. The van der Waals surface area contributed by atoms with Crippen LogP contribution in [0.2, 0.25) is 0 Å². The van der Waals surface area contributed by atoms with Gasteiger partial charge in [0.05, 0.1) is 5.25 Å². The van der Waals surface area contributed by atoms with Gasteiger partial charge in [0.2, 0.25) is 0 Å². The van der Waals surface area contributed by atoms with Gasteiger partial charge < -0.3 is 15.5 Å². The smallest absolute Gasteiger partial charge is 0.155 e. The largest absolute Gasteiger partial charge is 0.412 e. The molecule has 0 aromatic rings. The third-order valence-corrected chi connectivity index (χ3v) is 1.21. The summed E-state index contributed by atoms with van der Waals surface area (Å²) in [7, 11) is 0. The van der Waals surface area contributed by atoms with E-state index in [1.807, 2.05) is 0 Å². The SMILES string of the molecule is CC(C)S(=O)O.O.O.[Ca]. The van der Waals surface area contributed by atoms with Gasteiger partial charge in [-0.15, -0.1) is 0 Å². The summed E-state index contributed by atoms with van der Waals surface area (Å²) in [6.45, 7) is 3.38. The molecule has 0 amide bonds. The maximum Gasteiger partial charge on any atom is 0.155 e. The van der Waals surface area contributed by atoms with Gasteiger partial charge in [-0.3, -0.25) is 0 Å². The first-order chi connectivity index (χ1) is 2.64. The predicted octanol–water partition coefficient (Wildman–Crippen LogP) is -1.41. The molecule has 0 saturated heterocycles. The van der Waals surface area contributed by atoms with Crippen LogP contribution < -0.4 is 0 Å². The third kappa shape index (κ3) is 17.6. The zero-order valence-corrected chi connectivity index (χ0v) is 8.57. The van der Waals surface area contributed by atoms with Gasteiger partial charge in [-0.05, 0) is 13.8 Å². The molecule has 0 aliphatic carbocycles. The van der Waals surface area contributed by atoms with Gasteiger partial charge in [0.15, 0.2) is 11.1 Å². The second-order valence-electron chi connectivity index (χ2n) is 1.32. The van der Waals surface area contributed by atoms with Crippen molar-refractivity contribution in [3.05, 3.63) is 0 Å². The molecular weight excluding hydrogens is 172 g/mol. The molecule has 0 aliphatic rings. The van der Waals surface area contributed by atoms with Crippen LogP contribution in [-0.4, -0.2) is 62.7 Å². The average molecular weight is 184 g/mol. The van der Waals surface area contributed by atoms with Gasteiger partial charge >= 0.3 is 0 Å². The fourth-order valence-electron chi connectivity index (χ4n) is 0. The van der Waals surface area contributed by atoms with Crippen LogP contribution in [0.15, 0.2) is 0 Å². The molecule has 2 radical (unpaired) electrons. The van der Waals surface area contributed by atoms with E-state index >= 15 is 0 Å². The van der Waals surface area contributed by atoms with Gasteiger partial charge in [0.1, 0.15) is 0 Å². The Morgan fingerprint density at radius 1 is 1.33 bits per heavy atom. The van der Waals surface area contributed by atoms with Gasteiger partial charge in [-0.25, -0.2) is 4.21 Å². The van der Waals surface area contributed by atoms with E-state index in [2.05, 4.69) is 0 Å². The van der Waals surface area contributed by atoms with Gasteiger partial charge in [-0.1, -0.05) is 0 Å². The molecule has 5 N–H and O–H groups in total. The number of hydrogen-bond donors (Lipinski definition) is 1. The molecule has 0 spiro atoms. The standard InChI is InChI=1S/C3H8O2S.Ca.2H2O/c1-3(2)6(4)5;;;/h3H,1-2H3,(H,4,5);;2*1H2. The van der Waals surface area contributed by atoms with Crippen LogP contribution >= 0.6 is 0 Å². The van der Waals surface area contributed by atoms with Crippen molar-refractivity contribution in [2.75, 3.05) is 0 Å². The number of rotatable bonds is 1. The molecule has 0 heterocycles. The Balaban J connectivity index is -0.0000000417. The van der Waals surface area contributed by atoms with Crippen LogP contribution in [0.1, 0.15) is 13.8 Å². The van der Waals surface area contributed by atoms with E-state index in [-0.39, 0.29) is 53.9 Å². The first-order valence-electron chi connectivity index (χ1n) is 1.74. The summed E-state index contributed by atoms with van der Waals surface area (Å²) in [6.07, 6.45) is 0. The Morgan fingerprint density at radius 2 is 1.44 bits per heavy atom. The van der Waals surface area contributed by atoms with Crippen molar-refractivity contribution in [3.63, 3.8) is 0 Å². The molecule has 0 saturated carbocycles. The molecule has 0 fully saturated rings. The predicted molar refractivity (Wildman–Crippen MR) is 38.9 cm³/mol. The summed E-state index contributed by atoms with van der Waals surface area (Å²) in [5.41, 5.74) is 0. The summed E-state index contributed by atoms with van der Waals surface area (Å²) >= 11 is -1.62. The normalized spacial score (nSPS) is 10.2. The molecule has 0 aliphatic heterocycles. The Hall–Kier alpha value is 1.29. The quantitative estimate of drug-likeness (QED) is 0.399. The van der Waals surface area contributed by atoms with Crippen LogP contribution in [0, 0.1) is 0 Å². The van der Waals surface area contributed by atoms with Gasteiger partial charge in [-0.2, -0.15) is 0 Å². The minimum Gasteiger partial charge on any atom is -0.412 e. The summed E-state index contributed by atoms with van der Waals surface area (Å²) < 4.78 is 17.9. The van der Waals surface area contributed by atoms with Gasteiger partial charge in [0.25, 0.3) is 0 Å². The van der Waals surface area contributed by atoms with Crippen LogP contribution in [0.4, 0.5) is 0 Å². The summed E-state index contributed by atoms with van der Waals surface area (Å²) in [6, 6.07) is 0. The fraction of sp³-hybridized carbons (Fsp3) is 1.00. The molecule has 9 heavy (non-hydrogen) atoms. The minimum atomic E-state index is -1.62. The van der Waals surface area contributed by atoms with Crippen molar-refractivity contribution < 1.29 is 19.7 Å². The second kappa shape index (κ2) is 12.0. The first-order valence-corrected chi connectivity index (χ1v) is 2.91. The first kappa shape index (κ1) is 22.4. The molecule has 56 valence electrons. The van der Waals surface area contributed by atoms with E-state index in [4.69, 9.17) is 4.55 Å². The van der Waals surface area contributed by atoms with E-state index in [9.17, 15) is 4.21 Å². The topological polar surface area (TPSA) is 100 Å². The van der Waals surface area contributed by atoms with Crippen molar-refractivity contribution in [2.24, 2.45) is 0 Å². The Kier molecular flexibility index (Phi) is 30.0. The van der Waals surface area contributed by atoms with Crippen molar-refractivity contribution in [3.8, 4) is 0 Å².